The van der Waals surface area contributed by atoms with E-state index >= 15 is 0 Å². The third-order valence-electron chi connectivity index (χ3n) is 4.37. The highest BCUT2D eigenvalue weighted by Gasteiger charge is 2.19. The van der Waals surface area contributed by atoms with E-state index in [0.29, 0.717) is 12.8 Å². The van der Waals surface area contributed by atoms with Crippen molar-refractivity contribution in [1.29, 1.82) is 0 Å². The molecule has 0 rings (SSSR count). The van der Waals surface area contributed by atoms with Gasteiger partial charge in [0.05, 0.1) is 18.8 Å². The quantitative estimate of drug-likeness (QED) is 0.376. The molecule has 2 unspecified atom stereocenters. The lowest BCUT2D eigenvalue weighted by molar-refractivity contribution is -0.123. The Morgan fingerprint density at radius 1 is 0.870 bits per heavy atom. The normalized spacial score (nSPS) is 13.7. The van der Waals surface area contributed by atoms with Crippen molar-refractivity contribution in [2.45, 2.75) is 109 Å². The zero-order valence-corrected chi connectivity index (χ0v) is 15.4. The summed E-state index contributed by atoms with van der Waals surface area (Å²) in [6, 6.07) is -0.520. The molecule has 0 aromatic rings. The predicted octanol–water partition coefficient (Wildman–Crippen LogP) is 3.94. The van der Waals surface area contributed by atoms with Crippen LogP contribution >= 0.6 is 0 Å². The molecule has 0 aliphatic carbocycles. The topological polar surface area (TPSA) is 69.6 Å². The first-order chi connectivity index (χ1) is 11.2. The van der Waals surface area contributed by atoms with Gasteiger partial charge in [-0.3, -0.25) is 4.79 Å². The Balaban J connectivity index is 3.73. The Bertz CT molecular complexity index is 271. The predicted molar refractivity (Wildman–Crippen MR) is 96.4 cm³/mol. The number of nitrogens with one attached hydrogen (secondary N) is 1. The van der Waals surface area contributed by atoms with Gasteiger partial charge < -0.3 is 15.5 Å². The van der Waals surface area contributed by atoms with Crippen molar-refractivity contribution in [3.8, 4) is 0 Å². The molecule has 1 amide bonds. The van der Waals surface area contributed by atoms with Gasteiger partial charge in [-0.2, -0.15) is 0 Å². The molecule has 2 atom stereocenters. The van der Waals surface area contributed by atoms with Crippen LogP contribution in [0.1, 0.15) is 97.3 Å². The minimum Gasteiger partial charge on any atom is -0.394 e. The Morgan fingerprint density at radius 2 is 1.39 bits per heavy atom. The average molecular weight is 330 g/mol. The van der Waals surface area contributed by atoms with Crippen LogP contribution in [0.5, 0.6) is 0 Å². The number of hydrogen-bond donors (Lipinski definition) is 3. The Morgan fingerprint density at radius 3 is 1.96 bits per heavy atom. The summed E-state index contributed by atoms with van der Waals surface area (Å²) in [4.78, 5) is 11.9. The van der Waals surface area contributed by atoms with Crippen molar-refractivity contribution in [3.05, 3.63) is 0 Å². The summed E-state index contributed by atoms with van der Waals surface area (Å²) in [7, 11) is 0. The molecule has 4 heteroatoms. The van der Waals surface area contributed by atoms with Gasteiger partial charge in [-0.15, -0.1) is 0 Å². The number of aliphatic hydroxyl groups is 2. The summed E-state index contributed by atoms with van der Waals surface area (Å²) in [6.07, 6.45) is 13.1. The van der Waals surface area contributed by atoms with E-state index in [-0.39, 0.29) is 12.5 Å². The first-order valence-corrected chi connectivity index (χ1v) is 9.73. The fraction of sp³-hybridized carbons (Fsp3) is 0.947. The molecular weight excluding hydrogens is 290 g/mol. The van der Waals surface area contributed by atoms with E-state index in [1.807, 2.05) is 0 Å². The molecule has 0 saturated carbocycles. The SMILES string of the molecule is CCCCCCCCCC(=O)NC(CO)C(O)CCCCCC. The fourth-order valence-electron chi connectivity index (χ4n) is 2.77. The Labute approximate surface area is 143 Å². The summed E-state index contributed by atoms with van der Waals surface area (Å²) in [6.45, 7) is 4.16. The average Bonchev–Trinajstić information content (AvgIpc) is 2.55. The van der Waals surface area contributed by atoms with Gasteiger partial charge in [-0.05, 0) is 12.8 Å². The third kappa shape index (κ3) is 13.5. The van der Waals surface area contributed by atoms with Crippen LogP contribution in [0.4, 0.5) is 0 Å². The van der Waals surface area contributed by atoms with Crippen LogP contribution in [-0.4, -0.2) is 34.9 Å². The highest BCUT2D eigenvalue weighted by molar-refractivity contribution is 5.76. The standard InChI is InChI=1S/C19H39NO3/c1-3-5-7-9-10-11-13-15-19(23)20-17(16-21)18(22)14-12-8-6-4-2/h17-18,21-22H,3-16H2,1-2H3,(H,20,23). The number of hydrogen-bond acceptors (Lipinski definition) is 3. The fourth-order valence-corrected chi connectivity index (χ4v) is 2.77. The maximum atomic E-state index is 11.9. The highest BCUT2D eigenvalue weighted by atomic mass is 16.3. The first kappa shape index (κ1) is 22.4. The second kappa shape index (κ2) is 16.3. The minimum atomic E-state index is -0.644. The van der Waals surface area contributed by atoms with Crippen LogP contribution < -0.4 is 5.32 Å². The number of carbonyl (C=O) groups excluding carboxylic acids is 1. The number of unbranched alkanes of at least 4 members (excludes halogenated alkanes) is 9. The van der Waals surface area contributed by atoms with Crippen molar-refractivity contribution >= 4 is 5.91 Å². The van der Waals surface area contributed by atoms with Gasteiger partial charge in [0.15, 0.2) is 0 Å². The van der Waals surface area contributed by atoms with E-state index < -0.39 is 12.1 Å². The van der Waals surface area contributed by atoms with Gasteiger partial charge in [-0.1, -0.05) is 78.1 Å². The molecule has 23 heavy (non-hydrogen) atoms. The molecule has 0 bridgehead atoms. The van der Waals surface area contributed by atoms with Crippen molar-refractivity contribution in [2.75, 3.05) is 6.61 Å². The third-order valence-corrected chi connectivity index (χ3v) is 4.37. The lowest BCUT2D eigenvalue weighted by atomic mass is 10.0. The van der Waals surface area contributed by atoms with Crippen LogP contribution in [-0.2, 0) is 4.79 Å². The van der Waals surface area contributed by atoms with Crippen molar-refractivity contribution in [1.82, 2.24) is 5.32 Å². The van der Waals surface area contributed by atoms with Gasteiger partial charge in [0, 0.05) is 6.42 Å². The summed E-state index contributed by atoms with van der Waals surface area (Å²) in [5, 5.41) is 22.2. The molecular formula is C19H39NO3. The monoisotopic (exact) mass is 329 g/mol. The second-order valence-corrected chi connectivity index (χ2v) is 6.64. The van der Waals surface area contributed by atoms with E-state index in [1.54, 1.807) is 0 Å². The lowest BCUT2D eigenvalue weighted by Gasteiger charge is -2.22. The number of amides is 1. The van der Waals surface area contributed by atoms with E-state index in [2.05, 4.69) is 19.2 Å². The first-order valence-electron chi connectivity index (χ1n) is 9.73. The van der Waals surface area contributed by atoms with Crippen LogP contribution in [0, 0.1) is 0 Å². The molecule has 0 radical (unpaired) electrons. The Kier molecular flexibility index (Phi) is 15.8. The van der Waals surface area contributed by atoms with Crippen LogP contribution in [0.15, 0.2) is 0 Å². The molecule has 0 aliphatic heterocycles. The number of carbonyl (C=O) groups is 1. The summed E-state index contributed by atoms with van der Waals surface area (Å²) in [5.74, 6) is -0.0507. The lowest BCUT2D eigenvalue weighted by Crippen LogP contribution is -2.45. The molecule has 0 heterocycles. The molecule has 0 aromatic carbocycles. The zero-order chi connectivity index (χ0) is 17.3. The molecule has 138 valence electrons. The summed E-state index contributed by atoms with van der Waals surface area (Å²) < 4.78 is 0. The van der Waals surface area contributed by atoms with E-state index in [4.69, 9.17) is 0 Å². The molecule has 0 saturated heterocycles. The van der Waals surface area contributed by atoms with Crippen LogP contribution in [0.25, 0.3) is 0 Å². The van der Waals surface area contributed by atoms with Gasteiger partial charge in [0.25, 0.3) is 0 Å². The maximum Gasteiger partial charge on any atom is 0.220 e. The number of aliphatic hydroxyl groups excluding tert-OH is 2. The second-order valence-electron chi connectivity index (χ2n) is 6.64. The van der Waals surface area contributed by atoms with Crippen molar-refractivity contribution < 1.29 is 15.0 Å². The van der Waals surface area contributed by atoms with Crippen LogP contribution in [0.3, 0.4) is 0 Å². The molecule has 3 N–H and O–H groups in total. The van der Waals surface area contributed by atoms with Crippen molar-refractivity contribution in [2.24, 2.45) is 0 Å². The zero-order valence-electron chi connectivity index (χ0n) is 15.4. The largest absolute Gasteiger partial charge is 0.394 e. The smallest absolute Gasteiger partial charge is 0.220 e. The van der Waals surface area contributed by atoms with E-state index in [1.165, 1.54) is 38.5 Å². The molecule has 0 fully saturated rings. The van der Waals surface area contributed by atoms with Crippen molar-refractivity contribution in [3.63, 3.8) is 0 Å². The Hall–Kier alpha value is -0.610. The summed E-state index contributed by atoms with van der Waals surface area (Å²) >= 11 is 0. The van der Waals surface area contributed by atoms with Gasteiger partial charge >= 0.3 is 0 Å². The van der Waals surface area contributed by atoms with Gasteiger partial charge in [0.1, 0.15) is 0 Å². The molecule has 0 spiro atoms. The summed E-state index contributed by atoms with van der Waals surface area (Å²) in [5.41, 5.74) is 0. The van der Waals surface area contributed by atoms with E-state index in [9.17, 15) is 15.0 Å². The molecule has 0 aromatic heterocycles. The van der Waals surface area contributed by atoms with E-state index in [0.717, 1.165) is 32.1 Å². The van der Waals surface area contributed by atoms with Crippen LogP contribution in [0.2, 0.25) is 0 Å². The van der Waals surface area contributed by atoms with Gasteiger partial charge in [0.2, 0.25) is 5.91 Å². The molecule has 4 nitrogen and oxygen atoms in total. The van der Waals surface area contributed by atoms with Gasteiger partial charge in [-0.25, -0.2) is 0 Å². The minimum absolute atomic E-state index is 0.0507. The maximum absolute atomic E-state index is 11.9. The highest BCUT2D eigenvalue weighted by Crippen LogP contribution is 2.10. The number of rotatable bonds is 16. The molecule has 0 aliphatic rings.